The van der Waals surface area contributed by atoms with E-state index in [2.05, 4.69) is 19.2 Å². The van der Waals surface area contributed by atoms with Crippen LogP contribution in [0.15, 0.2) is 30.3 Å². The molecule has 0 aliphatic rings. The highest BCUT2D eigenvalue weighted by atomic mass is 16.4. The number of hydrogen-bond donors (Lipinski definition) is 1. The van der Waals surface area contributed by atoms with Gasteiger partial charge in [0.2, 0.25) is 0 Å². The fourth-order valence-corrected chi connectivity index (χ4v) is 1.57. The molecule has 0 saturated heterocycles. The Morgan fingerprint density at radius 3 is 2.60 bits per heavy atom. The first-order valence-electron chi connectivity index (χ1n) is 5.23. The molecular weight excluding hydrogens is 190 g/mol. The highest BCUT2D eigenvalue weighted by Crippen LogP contribution is 1.95. The van der Waals surface area contributed by atoms with Crippen LogP contribution in [0.4, 0.5) is 0 Å². The number of aliphatic carboxylic acids is 1. The summed E-state index contributed by atoms with van der Waals surface area (Å²) in [5, 5.41) is 10.2. The number of quaternary nitrogens is 1. The lowest BCUT2D eigenvalue weighted by Gasteiger charge is -2.13. The molecule has 3 nitrogen and oxygen atoms in total. The van der Waals surface area contributed by atoms with Gasteiger partial charge in [-0.15, -0.1) is 0 Å². The van der Waals surface area contributed by atoms with Gasteiger partial charge in [-0.3, -0.25) is 0 Å². The Bertz CT molecular complexity index is 298. The van der Waals surface area contributed by atoms with E-state index in [1.807, 2.05) is 18.2 Å². The number of carbonyl (C=O) groups excluding carboxylic acids is 1. The van der Waals surface area contributed by atoms with Gasteiger partial charge in [-0.1, -0.05) is 30.3 Å². The first-order chi connectivity index (χ1) is 7.18. The lowest BCUT2D eigenvalue weighted by atomic mass is 10.2. The Kier molecular flexibility index (Phi) is 4.84. The summed E-state index contributed by atoms with van der Waals surface area (Å²) in [7, 11) is 2.07. The lowest BCUT2D eigenvalue weighted by molar-refractivity contribution is -0.893. The largest absolute Gasteiger partial charge is 0.550 e. The van der Waals surface area contributed by atoms with E-state index in [-0.39, 0.29) is 6.42 Å². The van der Waals surface area contributed by atoms with Crippen molar-refractivity contribution in [1.29, 1.82) is 0 Å². The molecule has 1 aromatic rings. The highest BCUT2D eigenvalue weighted by Gasteiger charge is 2.02. The van der Waals surface area contributed by atoms with Crippen LogP contribution >= 0.6 is 0 Å². The summed E-state index contributed by atoms with van der Waals surface area (Å²) in [6, 6.07) is 10.2. The topological polar surface area (TPSA) is 44.6 Å². The van der Waals surface area contributed by atoms with Crippen LogP contribution in [0.3, 0.4) is 0 Å². The monoisotopic (exact) mass is 207 g/mol. The molecule has 3 heteroatoms. The predicted octanol–water partition coefficient (Wildman–Crippen LogP) is -0.769. The van der Waals surface area contributed by atoms with Crippen LogP contribution in [-0.2, 0) is 11.3 Å². The summed E-state index contributed by atoms with van der Waals surface area (Å²) < 4.78 is 0. The first kappa shape index (κ1) is 11.7. The molecule has 1 atom stereocenters. The van der Waals surface area contributed by atoms with E-state index < -0.39 is 5.97 Å². The molecule has 0 fully saturated rings. The Morgan fingerprint density at radius 1 is 1.33 bits per heavy atom. The summed E-state index contributed by atoms with van der Waals surface area (Å²) in [4.78, 5) is 11.5. The molecule has 1 rings (SSSR count). The van der Waals surface area contributed by atoms with Crippen LogP contribution in [0.25, 0.3) is 0 Å². The summed E-state index contributed by atoms with van der Waals surface area (Å²) in [5.74, 6) is -0.956. The van der Waals surface area contributed by atoms with E-state index in [0.717, 1.165) is 13.1 Å². The quantitative estimate of drug-likeness (QED) is 0.666. The van der Waals surface area contributed by atoms with E-state index >= 15 is 0 Å². The zero-order valence-electron chi connectivity index (χ0n) is 9.03. The van der Waals surface area contributed by atoms with Crippen molar-refractivity contribution in [3.05, 3.63) is 35.9 Å². The molecule has 0 spiro atoms. The number of rotatable bonds is 6. The maximum absolute atomic E-state index is 10.2. The van der Waals surface area contributed by atoms with Crippen molar-refractivity contribution < 1.29 is 14.8 Å². The Hall–Kier alpha value is -1.35. The second kappa shape index (κ2) is 6.19. The van der Waals surface area contributed by atoms with Crippen molar-refractivity contribution in [2.45, 2.75) is 19.4 Å². The van der Waals surface area contributed by atoms with Gasteiger partial charge in [0.05, 0.1) is 13.6 Å². The average Bonchev–Trinajstić information content (AvgIpc) is 2.18. The van der Waals surface area contributed by atoms with Gasteiger partial charge in [0.1, 0.15) is 6.54 Å². The fourth-order valence-electron chi connectivity index (χ4n) is 1.57. The van der Waals surface area contributed by atoms with Crippen molar-refractivity contribution in [3.8, 4) is 0 Å². The smallest absolute Gasteiger partial charge is 0.103 e. The van der Waals surface area contributed by atoms with Crippen LogP contribution < -0.4 is 10.0 Å². The number of hydrogen-bond acceptors (Lipinski definition) is 2. The number of nitrogens with one attached hydrogen (secondary N) is 1. The number of benzene rings is 1. The minimum Gasteiger partial charge on any atom is -0.550 e. The van der Waals surface area contributed by atoms with Gasteiger partial charge in [-0.05, 0) is 6.42 Å². The maximum Gasteiger partial charge on any atom is 0.103 e. The van der Waals surface area contributed by atoms with Crippen molar-refractivity contribution >= 4 is 5.97 Å². The molecule has 0 saturated carbocycles. The van der Waals surface area contributed by atoms with Crippen LogP contribution in [-0.4, -0.2) is 19.6 Å². The molecule has 82 valence electrons. The van der Waals surface area contributed by atoms with Gasteiger partial charge in [-0.2, -0.15) is 0 Å². The highest BCUT2D eigenvalue weighted by molar-refractivity contribution is 5.64. The Balaban J connectivity index is 2.24. The number of carboxylic acids is 1. The van der Waals surface area contributed by atoms with Crippen molar-refractivity contribution in [2.24, 2.45) is 0 Å². The standard InChI is InChI=1S/C12H17NO2/c1-13(9-5-8-12(14)15)10-11-6-3-2-4-7-11/h2-4,6-7H,5,8-10H2,1H3,(H,14,15). The minimum absolute atomic E-state index is 0.159. The molecule has 1 N–H and O–H groups in total. The lowest BCUT2D eigenvalue weighted by Crippen LogP contribution is -3.07. The summed E-state index contributed by atoms with van der Waals surface area (Å²) >= 11 is 0. The second-order valence-electron chi connectivity index (χ2n) is 3.85. The van der Waals surface area contributed by atoms with E-state index in [4.69, 9.17) is 0 Å². The molecule has 0 radical (unpaired) electrons. The molecule has 0 bridgehead atoms. The molecule has 0 aliphatic heterocycles. The van der Waals surface area contributed by atoms with Crippen molar-refractivity contribution in [3.63, 3.8) is 0 Å². The predicted molar refractivity (Wildman–Crippen MR) is 56.1 cm³/mol. The third kappa shape index (κ3) is 5.18. The van der Waals surface area contributed by atoms with Crippen molar-refractivity contribution in [2.75, 3.05) is 13.6 Å². The molecular formula is C12H17NO2. The molecule has 0 aliphatic carbocycles. The van der Waals surface area contributed by atoms with Crippen LogP contribution in [0.5, 0.6) is 0 Å². The number of carbonyl (C=O) groups is 1. The molecule has 0 aromatic heterocycles. The van der Waals surface area contributed by atoms with Gasteiger partial charge in [0, 0.05) is 18.0 Å². The maximum atomic E-state index is 10.2. The average molecular weight is 207 g/mol. The van der Waals surface area contributed by atoms with Gasteiger partial charge >= 0.3 is 0 Å². The number of carboxylic acid groups (broad SMARTS) is 1. The zero-order valence-corrected chi connectivity index (χ0v) is 9.03. The molecule has 0 amide bonds. The SMILES string of the molecule is C[NH+](CCCC(=O)[O-])Cc1ccccc1. The fraction of sp³-hybridized carbons (Fsp3) is 0.417. The third-order valence-corrected chi connectivity index (χ3v) is 2.33. The minimum atomic E-state index is -0.956. The van der Waals surface area contributed by atoms with Gasteiger partial charge < -0.3 is 14.8 Å². The third-order valence-electron chi connectivity index (χ3n) is 2.33. The zero-order chi connectivity index (χ0) is 11.1. The van der Waals surface area contributed by atoms with Crippen molar-refractivity contribution in [1.82, 2.24) is 0 Å². The molecule has 15 heavy (non-hydrogen) atoms. The van der Waals surface area contributed by atoms with Crippen LogP contribution in [0, 0.1) is 0 Å². The van der Waals surface area contributed by atoms with E-state index in [1.54, 1.807) is 0 Å². The Morgan fingerprint density at radius 2 is 2.00 bits per heavy atom. The second-order valence-corrected chi connectivity index (χ2v) is 3.85. The Labute approximate surface area is 90.3 Å². The van der Waals surface area contributed by atoms with Gasteiger partial charge in [0.15, 0.2) is 0 Å². The van der Waals surface area contributed by atoms with E-state index in [1.165, 1.54) is 10.5 Å². The van der Waals surface area contributed by atoms with Gasteiger partial charge in [-0.25, -0.2) is 0 Å². The molecule has 0 heterocycles. The van der Waals surface area contributed by atoms with Crippen LogP contribution in [0.1, 0.15) is 18.4 Å². The normalized spacial score (nSPS) is 12.3. The van der Waals surface area contributed by atoms with Gasteiger partial charge in [0.25, 0.3) is 0 Å². The first-order valence-corrected chi connectivity index (χ1v) is 5.23. The van der Waals surface area contributed by atoms with E-state index in [9.17, 15) is 9.90 Å². The summed E-state index contributed by atoms with van der Waals surface area (Å²) in [6.45, 7) is 1.80. The molecule has 1 unspecified atom stereocenters. The van der Waals surface area contributed by atoms with Crippen LogP contribution in [0.2, 0.25) is 0 Å². The summed E-state index contributed by atoms with van der Waals surface area (Å²) in [6.07, 6.45) is 0.840. The van der Waals surface area contributed by atoms with E-state index in [0.29, 0.717) is 6.42 Å². The summed E-state index contributed by atoms with van der Waals surface area (Å²) in [5.41, 5.74) is 1.28. The molecule has 1 aromatic carbocycles.